The summed E-state index contributed by atoms with van der Waals surface area (Å²) in [5, 5.41) is 0. The summed E-state index contributed by atoms with van der Waals surface area (Å²) in [6.07, 6.45) is 4.36. The number of hydrogen-bond acceptors (Lipinski definition) is 0. The molecule has 0 radical (unpaired) electrons. The van der Waals surface area contributed by atoms with Gasteiger partial charge in [0.05, 0.1) is 0 Å². The molecule has 1 aliphatic rings. The molecule has 0 spiro atoms. The molecule has 0 aromatic heterocycles. The second kappa shape index (κ2) is 3.82. The van der Waals surface area contributed by atoms with Crippen LogP contribution in [0.2, 0.25) is 0 Å². The monoisotopic (exact) mass is 204 g/mol. The van der Waals surface area contributed by atoms with Gasteiger partial charge in [-0.2, -0.15) is 0 Å². The van der Waals surface area contributed by atoms with Crippen molar-refractivity contribution in [2.24, 2.45) is 0 Å². The highest BCUT2D eigenvalue weighted by Crippen LogP contribution is 2.35. The molecule has 0 N–H and O–H groups in total. The van der Waals surface area contributed by atoms with Gasteiger partial charge >= 0.3 is 0 Å². The summed E-state index contributed by atoms with van der Waals surface area (Å²) in [7, 11) is 0. The molecule has 0 heterocycles. The lowest BCUT2D eigenvalue weighted by molar-refractivity contribution is 1.56. The Morgan fingerprint density at radius 3 is 1.12 bits per heavy atom. The molecule has 1 aliphatic carbocycles. The minimum atomic E-state index is 1.30. The molecule has 2 aromatic carbocycles. The van der Waals surface area contributed by atoms with E-state index in [1.165, 1.54) is 22.3 Å². The summed E-state index contributed by atoms with van der Waals surface area (Å²) in [5.74, 6) is 0. The van der Waals surface area contributed by atoms with Crippen LogP contribution in [-0.4, -0.2) is 0 Å². The highest BCUT2D eigenvalue weighted by atomic mass is 14.2. The van der Waals surface area contributed by atoms with Gasteiger partial charge in [0.2, 0.25) is 0 Å². The maximum Gasteiger partial charge on any atom is -0.0105 e. The molecular weight excluding hydrogens is 192 g/mol. The summed E-state index contributed by atoms with van der Waals surface area (Å²) in [6, 6.07) is 21.0. The van der Waals surface area contributed by atoms with E-state index in [1.54, 1.807) is 0 Å². The van der Waals surface area contributed by atoms with E-state index in [-0.39, 0.29) is 0 Å². The predicted molar refractivity (Wildman–Crippen MR) is 68.8 cm³/mol. The molecule has 0 fully saturated rings. The number of hydrogen-bond donors (Lipinski definition) is 0. The van der Waals surface area contributed by atoms with E-state index in [9.17, 15) is 0 Å². The normalized spacial score (nSPS) is 13.8. The first-order chi connectivity index (χ1) is 7.95. The Morgan fingerprint density at radius 1 is 0.438 bits per heavy atom. The van der Waals surface area contributed by atoms with Crippen LogP contribution >= 0.6 is 0 Å². The van der Waals surface area contributed by atoms with Gasteiger partial charge < -0.3 is 0 Å². The second-order valence-corrected chi connectivity index (χ2v) is 3.89. The molecule has 0 unspecified atom stereocenters. The van der Waals surface area contributed by atoms with Gasteiger partial charge in [-0.3, -0.25) is 0 Å². The van der Waals surface area contributed by atoms with Crippen molar-refractivity contribution < 1.29 is 0 Å². The SMILES string of the molecule is C1=CC(c2ccccc2)=C1c1ccccc1. The van der Waals surface area contributed by atoms with Crippen LogP contribution in [0.3, 0.4) is 0 Å². The maximum atomic E-state index is 2.18. The van der Waals surface area contributed by atoms with E-state index >= 15 is 0 Å². The number of allylic oxidation sites excluding steroid dienone is 4. The van der Waals surface area contributed by atoms with Crippen molar-refractivity contribution in [3.63, 3.8) is 0 Å². The predicted octanol–water partition coefficient (Wildman–Crippen LogP) is 4.17. The first-order valence-corrected chi connectivity index (χ1v) is 5.48. The highest BCUT2D eigenvalue weighted by molar-refractivity contribution is 6.06. The Bertz CT molecular complexity index is 494. The van der Waals surface area contributed by atoms with E-state index in [1.807, 2.05) is 0 Å². The van der Waals surface area contributed by atoms with Crippen LogP contribution in [0.5, 0.6) is 0 Å². The summed E-state index contributed by atoms with van der Waals surface area (Å²) in [5.41, 5.74) is 5.27. The third kappa shape index (κ3) is 1.49. The minimum Gasteiger partial charge on any atom is -0.0622 e. The van der Waals surface area contributed by atoms with E-state index < -0.39 is 0 Å². The standard InChI is InChI=1S/C16H12/c1-3-7-13(8-4-1)15-11-12-16(15)14-9-5-2-6-10-14/h1-12H. The molecule has 16 heavy (non-hydrogen) atoms. The van der Waals surface area contributed by atoms with Crippen molar-refractivity contribution in [1.29, 1.82) is 0 Å². The Morgan fingerprint density at radius 2 is 0.812 bits per heavy atom. The van der Waals surface area contributed by atoms with Crippen LogP contribution in [0.25, 0.3) is 11.1 Å². The smallest absolute Gasteiger partial charge is 0.0105 e. The van der Waals surface area contributed by atoms with Gasteiger partial charge in [0.15, 0.2) is 0 Å². The zero-order valence-corrected chi connectivity index (χ0v) is 8.93. The van der Waals surface area contributed by atoms with E-state index in [4.69, 9.17) is 0 Å². The summed E-state index contributed by atoms with van der Waals surface area (Å²) in [4.78, 5) is 0. The fourth-order valence-corrected chi connectivity index (χ4v) is 1.99. The van der Waals surface area contributed by atoms with Gasteiger partial charge in [-0.25, -0.2) is 0 Å². The third-order valence-electron chi connectivity index (χ3n) is 2.88. The first kappa shape index (κ1) is 9.17. The largest absolute Gasteiger partial charge is 0.0622 e. The minimum absolute atomic E-state index is 1.30. The van der Waals surface area contributed by atoms with Gasteiger partial charge in [-0.05, 0) is 22.3 Å². The quantitative estimate of drug-likeness (QED) is 0.688. The fourth-order valence-electron chi connectivity index (χ4n) is 1.99. The van der Waals surface area contributed by atoms with E-state index in [0.717, 1.165) is 0 Å². The average Bonchev–Trinajstić information content (AvgIpc) is 2.30. The Balaban J connectivity index is 2.04. The zero-order valence-electron chi connectivity index (χ0n) is 8.93. The van der Waals surface area contributed by atoms with Gasteiger partial charge in [0.1, 0.15) is 0 Å². The first-order valence-electron chi connectivity index (χ1n) is 5.48. The molecule has 0 aliphatic heterocycles. The summed E-state index contributed by atoms with van der Waals surface area (Å²) in [6.45, 7) is 0. The molecule has 0 nitrogen and oxygen atoms in total. The topological polar surface area (TPSA) is 0 Å². The Kier molecular flexibility index (Phi) is 2.19. The number of rotatable bonds is 2. The van der Waals surface area contributed by atoms with Crippen molar-refractivity contribution in [3.8, 4) is 0 Å². The molecule has 0 saturated heterocycles. The lowest BCUT2D eigenvalue weighted by Crippen LogP contribution is -1.94. The molecule has 2 aromatic rings. The molecular formula is C16H12. The van der Waals surface area contributed by atoms with Crippen molar-refractivity contribution in [1.82, 2.24) is 0 Å². The molecule has 0 bridgehead atoms. The van der Waals surface area contributed by atoms with Crippen molar-refractivity contribution in [2.75, 3.05) is 0 Å². The molecule has 76 valence electrons. The van der Waals surface area contributed by atoms with E-state index in [0.29, 0.717) is 0 Å². The molecule has 0 heteroatoms. The van der Waals surface area contributed by atoms with Crippen LogP contribution in [0, 0.1) is 0 Å². The average molecular weight is 204 g/mol. The van der Waals surface area contributed by atoms with Crippen LogP contribution < -0.4 is 0 Å². The third-order valence-corrected chi connectivity index (χ3v) is 2.88. The lowest BCUT2D eigenvalue weighted by Gasteiger charge is -2.17. The molecule has 0 atom stereocenters. The van der Waals surface area contributed by atoms with Crippen molar-refractivity contribution in [2.45, 2.75) is 0 Å². The second-order valence-electron chi connectivity index (χ2n) is 3.89. The van der Waals surface area contributed by atoms with Gasteiger partial charge in [0, 0.05) is 0 Å². The van der Waals surface area contributed by atoms with Gasteiger partial charge in [-0.15, -0.1) is 0 Å². The molecule has 0 saturated carbocycles. The Hall–Kier alpha value is -2.08. The highest BCUT2D eigenvalue weighted by Gasteiger charge is 2.12. The van der Waals surface area contributed by atoms with Crippen LogP contribution in [-0.2, 0) is 0 Å². The van der Waals surface area contributed by atoms with Crippen molar-refractivity contribution >= 4 is 11.1 Å². The lowest BCUT2D eigenvalue weighted by atomic mass is 9.87. The van der Waals surface area contributed by atoms with Crippen LogP contribution in [0.15, 0.2) is 72.8 Å². The maximum absolute atomic E-state index is 2.18. The fraction of sp³-hybridized carbons (Fsp3) is 0. The van der Waals surface area contributed by atoms with E-state index in [2.05, 4.69) is 72.8 Å². The van der Waals surface area contributed by atoms with Gasteiger partial charge in [0.25, 0.3) is 0 Å². The Labute approximate surface area is 95.6 Å². The van der Waals surface area contributed by atoms with Gasteiger partial charge in [-0.1, -0.05) is 72.8 Å². The number of benzene rings is 2. The zero-order chi connectivity index (χ0) is 10.8. The van der Waals surface area contributed by atoms with Crippen LogP contribution in [0.1, 0.15) is 11.1 Å². The van der Waals surface area contributed by atoms with Crippen LogP contribution in [0.4, 0.5) is 0 Å². The molecule has 3 rings (SSSR count). The van der Waals surface area contributed by atoms with Crippen molar-refractivity contribution in [3.05, 3.63) is 83.9 Å². The summed E-state index contributed by atoms with van der Waals surface area (Å²) < 4.78 is 0. The summed E-state index contributed by atoms with van der Waals surface area (Å²) >= 11 is 0. The molecule has 0 amide bonds.